The molecule has 2 rings (SSSR count). The molecular formula is C19H21FN2O3. The van der Waals surface area contributed by atoms with Gasteiger partial charge in [0.2, 0.25) is 11.8 Å². The molecule has 0 aliphatic carbocycles. The number of para-hydroxylation sites is 2. The summed E-state index contributed by atoms with van der Waals surface area (Å²) in [4.78, 5) is 23.9. The number of hydrogen-bond acceptors (Lipinski definition) is 3. The van der Waals surface area contributed by atoms with Gasteiger partial charge in [0.1, 0.15) is 11.6 Å². The molecule has 2 aromatic carbocycles. The van der Waals surface area contributed by atoms with E-state index in [9.17, 15) is 14.0 Å². The number of halogens is 1. The topological polar surface area (TPSA) is 67.4 Å². The molecule has 0 aromatic heterocycles. The van der Waals surface area contributed by atoms with Crippen molar-refractivity contribution in [1.29, 1.82) is 0 Å². The highest BCUT2D eigenvalue weighted by molar-refractivity contribution is 5.91. The molecule has 2 aromatic rings. The van der Waals surface area contributed by atoms with Crippen molar-refractivity contribution < 1.29 is 18.7 Å². The molecule has 132 valence electrons. The maximum atomic E-state index is 13.7. The van der Waals surface area contributed by atoms with Gasteiger partial charge in [0.15, 0.2) is 0 Å². The third kappa shape index (κ3) is 5.31. The van der Waals surface area contributed by atoms with E-state index >= 15 is 0 Å². The fourth-order valence-electron chi connectivity index (χ4n) is 2.49. The van der Waals surface area contributed by atoms with E-state index in [4.69, 9.17) is 4.74 Å². The molecule has 0 spiro atoms. The highest BCUT2D eigenvalue weighted by Crippen LogP contribution is 2.28. The lowest BCUT2D eigenvalue weighted by Gasteiger charge is -2.21. The van der Waals surface area contributed by atoms with Crippen LogP contribution in [0.2, 0.25) is 0 Å². The molecule has 5 nitrogen and oxygen atoms in total. The van der Waals surface area contributed by atoms with Gasteiger partial charge in [-0.2, -0.15) is 0 Å². The second-order valence-electron chi connectivity index (χ2n) is 5.46. The zero-order valence-corrected chi connectivity index (χ0v) is 14.2. The summed E-state index contributed by atoms with van der Waals surface area (Å²) >= 11 is 0. The molecule has 2 amide bonds. The van der Waals surface area contributed by atoms with Crippen molar-refractivity contribution in [1.82, 2.24) is 5.32 Å². The van der Waals surface area contributed by atoms with Gasteiger partial charge in [-0.15, -0.1) is 0 Å². The fraction of sp³-hybridized carbons (Fsp3) is 0.263. The zero-order valence-electron chi connectivity index (χ0n) is 14.2. The van der Waals surface area contributed by atoms with Crippen LogP contribution in [0.1, 0.15) is 31.9 Å². The Morgan fingerprint density at radius 2 is 1.80 bits per heavy atom. The monoisotopic (exact) mass is 344 g/mol. The van der Waals surface area contributed by atoms with E-state index in [1.165, 1.54) is 19.1 Å². The van der Waals surface area contributed by atoms with Gasteiger partial charge in [0, 0.05) is 12.5 Å². The van der Waals surface area contributed by atoms with Crippen LogP contribution in [0.4, 0.5) is 10.1 Å². The number of rotatable bonds is 7. The van der Waals surface area contributed by atoms with E-state index in [2.05, 4.69) is 10.6 Å². The SMILES string of the molecule is CCOc1ccccc1[C@@H](CC(=O)Nc1ccccc1F)NC(C)=O. The Labute approximate surface area is 146 Å². The molecule has 0 saturated carbocycles. The third-order valence-electron chi connectivity index (χ3n) is 3.51. The molecule has 0 radical (unpaired) electrons. The minimum atomic E-state index is -0.577. The Bertz CT molecular complexity index is 749. The minimum absolute atomic E-state index is 0.0436. The van der Waals surface area contributed by atoms with Gasteiger partial charge in [0.05, 0.1) is 24.8 Å². The number of benzene rings is 2. The Hall–Kier alpha value is -2.89. The number of hydrogen-bond donors (Lipinski definition) is 2. The summed E-state index contributed by atoms with van der Waals surface area (Å²) < 4.78 is 19.3. The predicted octanol–water partition coefficient (Wildman–Crippen LogP) is 3.43. The van der Waals surface area contributed by atoms with Crippen molar-refractivity contribution >= 4 is 17.5 Å². The fourth-order valence-corrected chi connectivity index (χ4v) is 2.49. The normalized spacial score (nSPS) is 11.5. The Morgan fingerprint density at radius 1 is 1.12 bits per heavy atom. The molecule has 0 bridgehead atoms. The third-order valence-corrected chi connectivity index (χ3v) is 3.51. The van der Waals surface area contributed by atoms with Crippen molar-refractivity contribution in [2.45, 2.75) is 26.3 Å². The first-order valence-electron chi connectivity index (χ1n) is 8.04. The summed E-state index contributed by atoms with van der Waals surface area (Å²) in [6.07, 6.45) is -0.0436. The van der Waals surface area contributed by atoms with E-state index in [0.29, 0.717) is 17.9 Å². The second kappa shape index (κ2) is 8.82. The number of carbonyl (C=O) groups is 2. The number of ether oxygens (including phenoxy) is 1. The zero-order chi connectivity index (χ0) is 18.2. The van der Waals surface area contributed by atoms with Crippen molar-refractivity contribution in [2.75, 3.05) is 11.9 Å². The maximum absolute atomic E-state index is 13.7. The molecule has 0 aliphatic heterocycles. The molecule has 25 heavy (non-hydrogen) atoms. The van der Waals surface area contributed by atoms with Gasteiger partial charge in [-0.3, -0.25) is 9.59 Å². The number of carbonyl (C=O) groups excluding carboxylic acids is 2. The Morgan fingerprint density at radius 3 is 2.48 bits per heavy atom. The summed E-state index contributed by atoms with van der Waals surface area (Å²) in [7, 11) is 0. The van der Waals surface area contributed by atoms with E-state index in [-0.39, 0.29) is 18.0 Å². The summed E-state index contributed by atoms with van der Waals surface area (Å²) in [6, 6.07) is 12.6. The standard InChI is InChI=1S/C19H21FN2O3/c1-3-25-18-11-7-4-8-14(18)17(21-13(2)23)12-19(24)22-16-10-6-5-9-15(16)20/h4-11,17H,3,12H2,1-2H3,(H,21,23)(H,22,24)/t17-/m1/s1. The van der Waals surface area contributed by atoms with Crippen LogP contribution in [-0.4, -0.2) is 18.4 Å². The number of anilines is 1. The van der Waals surface area contributed by atoms with Gasteiger partial charge >= 0.3 is 0 Å². The van der Waals surface area contributed by atoms with Crippen LogP contribution in [0.15, 0.2) is 48.5 Å². The summed E-state index contributed by atoms with van der Waals surface area (Å²) in [5.41, 5.74) is 0.801. The van der Waals surface area contributed by atoms with Gasteiger partial charge in [-0.25, -0.2) is 4.39 Å². The molecule has 0 unspecified atom stereocenters. The summed E-state index contributed by atoms with van der Waals surface area (Å²) in [5.74, 6) is -0.589. The molecule has 0 fully saturated rings. The van der Waals surface area contributed by atoms with Crippen LogP contribution in [-0.2, 0) is 9.59 Å². The van der Waals surface area contributed by atoms with E-state index in [1.807, 2.05) is 13.0 Å². The Kier molecular flexibility index (Phi) is 6.51. The smallest absolute Gasteiger partial charge is 0.226 e. The van der Waals surface area contributed by atoms with Crippen LogP contribution in [0, 0.1) is 5.82 Å². The molecule has 0 saturated heterocycles. The van der Waals surface area contributed by atoms with Crippen LogP contribution < -0.4 is 15.4 Å². The van der Waals surface area contributed by atoms with Gasteiger partial charge in [-0.05, 0) is 25.1 Å². The van der Waals surface area contributed by atoms with Crippen molar-refractivity contribution in [3.63, 3.8) is 0 Å². The van der Waals surface area contributed by atoms with Gasteiger partial charge < -0.3 is 15.4 Å². The van der Waals surface area contributed by atoms with Crippen molar-refractivity contribution in [3.05, 3.63) is 59.9 Å². The molecule has 0 aliphatic rings. The molecule has 0 heterocycles. The number of nitrogens with one attached hydrogen (secondary N) is 2. The van der Waals surface area contributed by atoms with Gasteiger partial charge in [-0.1, -0.05) is 30.3 Å². The lowest BCUT2D eigenvalue weighted by atomic mass is 10.0. The second-order valence-corrected chi connectivity index (χ2v) is 5.46. The van der Waals surface area contributed by atoms with Crippen LogP contribution >= 0.6 is 0 Å². The average Bonchev–Trinajstić information content (AvgIpc) is 2.57. The summed E-state index contributed by atoms with van der Waals surface area (Å²) in [5, 5.41) is 5.28. The van der Waals surface area contributed by atoms with E-state index in [1.54, 1.807) is 30.3 Å². The average molecular weight is 344 g/mol. The van der Waals surface area contributed by atoms with Crippen LogP contribution in [0.25, 0.3) is 0 Å². The number of amides is 2. The molecular weight excluding hydrogens is 323 g/mol. The van der Waals surface area contributed by atoms with Crippen LogP contribution in [0.3, 0.4) is 0 Å². The van der Waals surface area contributed by atoms with Crippen molar-refractivity contribution in [2.24, 2.45) is 0 Å². The highest BCUT2D eigenvalue weighted by Gasteiger charge is 2.21. The first-order chi connectivity index (χ1) is 12.0. The largest absolute Gasteiger partial charge is 0.494 e. The lowest BCUT2D eigenvalue weighted by molar-refractivity contribution is -0.120. The first kappa shape index (κ1) is 18.4. The lowest BCUT2D eigenvalue weighted by Crippen LogP contribution is -2.30. The molecule has 2 N–H and O–H groups in total. The molecule has 6 heteroatoms. The van der Waals surface area contributed by atoms with E-state index < -0.39 is 17.8 Å². The first-order valence-corrected chi connectivity index (χ1v) is 8.04. The van der Waals surface area contributed by atoms with E-state index in [0.717, 1.165) is 0 Å². The predicted molar refractivity (Wildman–Crippen MR) is 93.8 cm³/mol. The molecule has 1 atom stereocenters. The minimum Gasteiger partial charge on any atom is -0.494 e. The highest BCUT2D eigenvalue weighted by atomic mass is 19.1. The van der Waals surface area contributed by atoms with Crippen LogP contribution in [0.5, 0.6) is 5.75 Å². The van der Waals surface area contributed by atoms with Crippen molar-refractivity contribution in [3.8, 4) is 5.75 Å². The maximum Gasteiger partial charge on any atom is 0.226 e. The summed E-state index contributed by atoms with van der Waals surface area (Å²) in [6.45, 7) is 3.70. The Balaban J connectivity index is 2.19. The van der Waals surface area contributed by atoms with Gasteiger partial charge in [0.25, 0.3) is 0 Å². The quantitative estimate of drug-likeness (QED) is 0.809.